The zero-order valence-electron chi connectivity index (χ0n) is 6.50. The van der Waals surface area contributed by atoms with Crippen molar-refractivity contribution in [1.82, 2.24) is 0 Å². The molecule has 0 bridgehead atoms. The highest BCUT2D eigenvalue weighted by atomic mass is 16.1. The smallest absolute Gasteiger partial charge is 0.141 e. The van der Waals surface area contributed by atoms with Gasteiger partial charge in [0.2, 0.25) is 0 Å². The maximum atomic E-state index is 11.1. The Labute approximate surface area is 70.4 Å². The quantitative estimate of drug-likeness (QED) is 0.568. The first-order valence-corrected chi connectivity index (χ1v) is 3.84. The van der Waals surface area contributed by atoms with E-state index in [4.69, 9.17) is 5.26 Å². The summed E-state index contributed by atoms with van der Waals surface area (Å²) in [6.45, 7) is 0. The Morgan fingerprint density at radius 2 is 2.17 bits per heavy atom. The third-order valence-corrected chi connectivity index (χ3v) is 2.16. The molecule has 2 nitrogen and oxygen atoms in total. The van der Waals surface area contributed by atoms with Crippen LogP contribution in [0.4, 0.5) is 0 Å². The molecular formula is C10H7NO. The SMILES string of the molecule is N#Cc1cccc2c1CC(=O)C2. The number of benzene rings is 1. The molecule has 0 spiro atoms. The van der Waals surface area contributed by atoms with E-state index in [0.29, 0.717) is 18.4 Å². The molecule has 0 radical (unpaired) electrons. The fraction of sp³-hybridized carbons (Fsp3) is 0.200. The summed E-state index contributed by atoms with van der Waals surface area (Å²) in [7, 11) is 0. The largest absolute Gasteiger partial charge is 0.299 e. The van der Waals surface area contributed by atoms with Crippen molar-refractivity contribution in [2.24, 2.45) is 0 Å². The van der Waals surface area contributed by atoms with E-state index >= 15 is 0 Å². The lowest BCUT2D eigenvalue weighted by Gasteiger charge is -1.97. The van der Waals surface area contributed by atoms with Crippen LogP contribution in [0.15, 0.2) is 18.2 Å². The summed E-state index contributed by atoms with van der Waals surface area (Å²) in [5.41, 5.74) is 2.61. The highest BCUT2D eigenvalue weighted by Crippen LogP contribution is 2.22. The first-order chi connectivity index (χ1) is 5.81. The van der Waals surface area contributed by atoms with Gasteiger partial charge in [0.25, 0.3) is 0 Å². The minimum absolute atomic E-state index is 0.215. The van der Waals surface area contributed by atoms with Gasteiger partial charge in [0.15, 0.2) is 0 Å². The zero-order chi connectivity index (χ0) is 8.55. The third-order valence-electron chi connectivity index (χ3n) is 2.16. The van der Waals surface area contributed by atoms with Crippen molar-refractivity contribution in [2.45, 2.75) is 12.8 Å². The Bertz CT molecular complexity index is 387. The van der Waals surface area contributed by atoms with Crippen molar-refractivity contribution in [3.8, 4) is 6.07 Å². The summed E-state index contributed by atoms with van der Waals surface area (Å²) in [5, 5.41) is 8.73. The molecule has 0 N–H and O–H groups in total. The van der Waals surface area contributed by atoms with Gasteiger partial charge in [-0.05, 0) is 17.2 Å². The highest BCUT2D eigenvalue weighted by molar-refractivity contribution is 5.88. The number of Topliss-reactive ketones (excluding diaryl/α,β-unsaturated/α-hetero) is 1. The van der Waals surface area contributed by atoms with E-state index in [1.54, 1.807) is 6.07 Å². The molecule has 1 aromatic rings. The summed E-state index contributed by atoms with van der Waals surface area (Å²) < 4.78 is 0. The van der Waals surface area contributed by atoms with E-state index in [0.717, 1.165) is 11.1 Å². The summed E-state index contributed by atoms with van der Waals surface area (Å²) in [4.78, 5) is 11.1. The number of fused-ring (bicyclic) bond motifs is 1. The monoisotopic (exact) mass is 157 g/mol. The minimum atomic E-state index is 0.215. The van der Waals surface area contributed by atoms with Crippen LogP contribution in [0.1, 0.15) is 16.7 Å². The van der Waals surface area contributed by atoms with Crippen LogP contribution in [-0.4, -0.2) is 5.78 Å². The first-order valence-electron chi connectivity index (χ1n) is 3.84. The topological polar surface area (TPSA) is 40.9 Å². The first kappa shape index (κ1) is 7.05. The van der Waals surface area contributed by atoms with Crippen molar-refractivity contribution >= 4 is 5.78 Å². The van der Waals surface area contributed by atoms with Crippen LogP contribution in [0.25, 0.3) is 0 Å². The summed E-state index contributed by atoms with van der Waals surface area (Å²) >= 11 is 0. The Morgan fingerprint density at radius 3 is 2.92 bits per heavy atom. The molecule has 12 heavy (non-hydrogen) atoms. The second-order valence-corrected chi connectivity index (χ2v) is 2.95. The van der Waals surface area contributed by atoms with Gasteiger partial charge in [0.05, 0.1) is 11.6 Å². The lowest BCUT2D eigenvalue weighted by molar-refractivity contribution is -0.117. The Morgan fingerprint density at radius 1 is 1.33 bits per heavy atom. The van der Waals surface area contributed by atoms with Crippen LogP contribution in [0.5, 0.6) is 0 Å². The van der Waals surface area contributed by atoms with Crippen molar-refractivity contribution in [3.05, 3.63) is 34.9 Å². The van der Waals surface area contributed by atoms with Crippen molar-refractivity contribution in [2.75, 3.05) is 0 Å². The number of hydrogen-bond acceptors (Lipinski definition) is 2. The third kappa shape index (κ3) is 0.911. The van der Waals surface area contributed by atoms with Crippen LogP contribution < -0.4 is 0 Å². The number of nitriles is 1. The van der Waals surface area contributed by atoms with Gasteiger partial charge in [0, 0.05) is 12.8 Å². The van der Waals surface area contributed by atoms with Gasteiger partial charge in [0.1, 0.15) is 5.78 Å². The average molecular weight is 157 g/mol. The summed E-state index contributed by atoms with van der Waals surface area (Å²) in [6, 6.07) is 7.60. The minimum Gasteiger partial charge on any atom is -0.299 e. The van der Waals surface area contributed by atoms with Gasteiger partial charge < -0.3 is 0 Å². The van der Waals surface area contributed by atoms with Crippen LogP contribution in [0, 0.1) is 11.3 Å². The standard InChI is InChI=1S/C10H7NO/c11-6-8-3-1-2-7-4-9(12)5-10(7)8/h1-3H,4-5H2. The van der Waals surface area contributed by atoms with Gasteiger partial charge in [-0.25, -0.2) is 0 Å². The molecule has 1 aliphatic rings. The van der Waals surface area contributed by atoms with E-state index in [9.17, 15) is 4.79 Å². The molecule has 2 heteroatoms. The molecule has 0 aliphatic heterocycles. The van der Waals surface area contributed by atoms with Crippen molar-refractivity contribution in [3.63, 3.8) is 0 Å². The summed E-state index contributed by atoms with van der Waals surface area (Å²) in [5.74, 6) is 0.215. The van der Waals surface area contributed by atoms with Crippen LogP contribution in [-0.2, 0) is 17.6 Å². The molecule has 0 saturated heterocycles. The maximum absolute atomic E-state index is 11.1. The lowest BCUT2D eigenvalue weighted by atomic mass is 10.0. The number of ketones is 1. The van der Waals surface area contributed by atoms with Crippen molar-refractivity contribution in [1.29, 1.82) is 5.26 Å². The zero-order valence-corrected chi connectivity index (χ0v) is 6.50. The predicted octanol–water partition coefficient (Wildman–Crippen LogP) is 1.23. The summed E-state index contributed by atoms with van der Waals surface area (Å²) in [6.07, 6.45) is 0.948. The molecular weight excluding hydrogens is 150 g/mol. The van der Waals surface area contributed by atoms with E-state index < -0.39 is 0 Å². The Kier molecular flexibility index (Phi) is 1.44. The van der Waals surface area contributed by atoms with Gasteiger partial charge in [-0.2, -0.15) is 5.26 Å². The fourth-order valence-electron chi connectivity index (χ4n) is 1.59. The molecule has 0 fully saturated rings. The normalized spacial score (nSPS) is 14.1. The predicted molar refractivity (Wildman–Crippen MR) is 43.6 cm³/mol. The maximum Gasteiger partial charge on any atom is 0.141 e. The molecule has 0 aromatic heterocycles. The van der Waals surface area contributed by atoms with Gasteiger partial charge in [-0.1, -0.05) is 12.1 Å². The number of hydrogen-bond donors (Lipinski definition) is 0. The molecule has 0 saturated carbocycles. The van der Waals surface area contributed by atoms with E-state index in [2.05, 4.69) is 6.07 Å². The Hall–Kier alpha value is -1.62. The van der Waals surface area contributed by atoms with E-state index in [-0.39, 0.29) is 5.78 Å². The molecule has 0 heterocycles. The molecule has 1 aromatic carbocycles. The molecule has 0 unspecified atom stereocenters. The Balaban J connectivity index is 2.60. The number of carbonyl (C=O) groups excluding carboxylic acids is 1. The second kappa shape index (κ2) is 2.46. The number of carbonyl (C=O) groups is 1. The highest BCUT2D eigenvalue weighted by Gasteiger charge is 2.20. The van der Waals surface area contributed by atoms with Crippen LogP contribution in [0.2, 0.25) is 0 Å². The van der Waals surface area contributed by atoms with E-state index in [1.807, 2.05) is 12.1 Å². The molecule has 2 rings (SSSR count). The van der Waals surface area contributed by atoms with Crippen LogP contribution >= 0.6 is 0 Å². The van der Waals surface area contributed by atoms with Gasteiger partial charge in [-0.3, -0.25) is 4.79 Å². The number of rotatable bonds is 0. The number of nitrogens with zero attached hydrogens (tertiary/aromatic N) is 1. The molecule has 0 atom stereocenters. The average Bonchev–Trinajstić information content (AvgIpc) is 2.44. The lowest BCUT2D eigenvalue weighted by Crippen LogP contribution is -1.93. The van der Waals surface area contributed by atoms with Crippen LogP contribution in [0.3, 0.4) is 0 Å². The molecule has 0 amide bonds. The fourth-order valence-corrected chi connectivity index (χ4v) is 1.59. The van der Waals surface area contributed by atoms with Gasteiger partial charge in [-0.15, -0.1) is 0 Å². The molecule has 58 valence electrons. The molecule has 1 aliphatic carbocycles. The van der Waals surface area contributed by atoms with E-state index in [1.165, 1.54) is 0 Å². The van der Waals surface area contributed by atoms with Crippen molar-refractivity contribution < 1.29 is 4.79 Å². The van der Waals surface area contributed by atoms with Gasteiger partial charge >= 0.3 is 0 Å². The second-order valence-electron chi connectivity index (χ2n) is 2.95.